The molecule has 0 aliphatic rings. The van der Waals surface area contributed by atoms with Crippen LogP contribution in [-0.2, 0) is 4.79 Å². The lowest BCUT2D eigenvalue weighted by Gasteiger charge is -2.08. The zero-order valence-electron chi connectivity index (χ0n) is 12.5. The molecule has 0 spiro atoms. The first-order valence-electron chi connectivity index (χ1n) is 6.84. The van der Waals surface area contributed by atoms with Crippen LogP contribution in [0.5, 0.6) is 5.75 Å². The first-order chi connectivity index (χ1) is 11.1. The van der Waals surface area contributed by atoms with Crippen molar-refractivity contribution in [1.82, 2.24) is 0 Å². The molecule has 0 aliphatic carbocycles. The summed E-state index contributed by atoms with van der Waals surface area (Å²) >= 11 is 0. The van der Waals surface area contributed by atoms with Crippen LogP contribution in [-0.4, -0.2) is 18.9 Å². The average Bonchev–Trinajstić information content (AvgIpc) is 2.56. The molecule has 0 atom stereocenters. The lowest BCUT2D eigenvalue weighted by atomic mass is 10.2. The van der Waals surface area contributed by atoms with Gasteiger partial charge in [0.1, 0.15) is 12.2 Å². The molecule has 2 amide bonds. The van der Waals surface area contributed by atoms with Gasteiger partial charge in [-0.2, -0.15) is 5.26 Å². The lowest BCUT2D eigenvalue weighted by Crippen LogP contribution is -2.13. The fourth-order valence-corrected chi connectivity index (χ4v) is 1.89. The van der Waals surface area contributed by atoms with Crippen molar-refractivity contribution in [2.75, 3.05) is 17.7 Å². The average molecular weight is 309 g/mol. The van der Waals surface area contributed by atoms with Crippen LogP contribution < -0.4 is 15.4 Å². The van der Waals surface area contributed by atoms with Gasteiger partial charge >= 0.3 is 0 Å². The molecule has 2 aromatic rings. The molecule has 2 aromatic carbocycles. The highest BCUT2D eigenvalue weighted by Crippen LogP contribution is 2.18. The summed E-state index contributed by atoms with van der Waals surface area (Å²) in [5, 5.41) is 13.8. The summed E-state index contributed by atoms with van der Waals surface area (Å²) in [6, 6.07) is 15.2. The second kappa shape index (κ2) is 7.61. The lowest BCUT2D eigenvalue weighted by molar-refractivity contribution is -0.115. The Morgan fingerprint density at radius 1 is 1.09 bits per heavy atom. The molecule has 2 N–H and O–H groups in total. The van der Waals surface area contributed by atoms with Crippen molar-refractivity contribution >= 4 is 23.2 Å². The van der Waals surface area contributed by atoms with Gasteiger partial charge < -0.3 is 15.4 Å². The van der Waals surface area contributed by atoms with Crippen molar-refractivity contribution in [1.29, 1.82) is 5.26 Å². The molecule has 23 heavy (non-hydrogen) atoms. The summed E-state index contributed by atoms with van der Waals surface area (Å²) < 4.78 is 5.10. The van der Waals surface area contributed by atoms with Gasteiger partial charge in [0.25, 0.3) is 5.91 Å². The molecule has 0 aromatic heterocycles. The van der Waals surface area contributed by atoms with E-state index in [-0.39, 0.29) is 18.2 Å². The van der Waals surface area contributed by atoms with Crippen LogP contribution in [0.4, 0.5) is 11.4 Å². The van der Waals surface area contributed by atoms with Gasteiger partial charge in [-0.25, -0.2) is 0 Å². The molecule has 116 valence electrons. The number of rotatable bonds is 5. The third-order valence-electron chi connectivity index (χ3n) is 3.00. The van der Waals surface area contributed by atoms with Crippen molar-refractivity contribution in [2.45, 2.75) is 6.42 Å². The molecule has 6 nitrogen and oxygen atoms in total. The normalized spacial score (nSPS) is 9.57. The van der Waals surface area contributed by atoms with Crippen LogP contribution in [0.2, 0.25) is 0 Å². The molecule has 2 rings (SSSR count). The minimum absolute atomic E-state index is 0.210. The SMILES string of the molecule is COc1cccc(NC(=O)c2ccc(NC(=O)CC#N)cc2)c1. The van der Waals surface area contributed by atoms with Gasteiger partial charge in [0.15, 0.2) is 0 Å². The largest absolute Gasteiger partial charge is 0.497 e. The molecule has 0 saturated carbocycles. The summed E-state index contributed by atoms with van der Waals surface area (Å²) in [4.78, 5) is 23.5. The van der Waals surface area contributed by atoms with Crippen LogP contribution in [0.15, 0.2) is 48.5 Å². The van der Waals surface area contributed by atoms with E-state index >= 15 is 0 Å². The highest BCUT2D eigenvalue weighted by molar-refractivity contribution is 6.04. The number of carbonyl (C=O) groups is 2. The topological polar surface area (TPSA) is 91.2 Å². The number of benzene rings is 2. The summed E-state index contributed by atoms with van der Waals surface area (Å²) in [5.41, 5.74) is 1.61. The van der Waals surface area contributed by atoms with Gasteiger partial charge in [-0.15, -0.1) is 0 Å². The second-order valence-electron chi connectivity index (χ2n) is 4.65. The van der Waals surface area contributed by atoms with Gasteiger partial charge in [0, 0.05) is 23.0 Å². The summed E-state index contributed by atoms with van der Waals surface area (Å²) in [7, 11) is 1.56. The van der Waals surface area contributed by atoms with Crippen LogP contribution >= 0.6 is 0 Å². The number of hydrogen-bond donors (Lipinski definition) is 2. The van der Waals surface area contributed by atoms with E-state index in [0.29, 0.717) is 22.7 Å². The Balaban J connectivity index is 2.02. The number of nitriles is 1. The van der Waals surface area contributed by atoms with Gasteiger partial charge in [-0.1, -0.05) is 6.07 Å². The maximum absolute atomic E-state index is 12.2. The van der Waals surface area contributed by atoms with E-state index in [1.165, 1.54) is 0 Å². The smallest absolute Gasteiger partial charge is 0.255 e. The molecule has 0 aliphatic heterocycles. The molecule has 0 saturated heterocycles. The molecule has 0 unspecified atom stereocenters. The van der Waals surface area contributed by atoms with Crippen LogP contribution in [0.25, 0.3) is 0 Å². The van der Waals surface area contributed by atoms with Crippen molar-refractivity contribution in [3.05, 3.63) is 54.1 Å². The predicted molar refractivity (Wildman–Crippen MR) is 86.2 cm³/mol. The number of nitrogens with one attached hydrogen (secondary N) is 2. The number of methoxy groups -OCH3 is 1. The Labute approximate surface area is 133 Å². The Bertz CT molecular complexity index is 748. The predicted octanol–water partition coefficient (Wildman–Crippen LogP) is 2.80. The standard InChI is InChI=1S/C17H15N3O3/c1-23-15-4-2-3-14(11-15)20-17(22)12-5-7-13(8-6-12)19-16(21)9-10-18/h2-8,11H,9H2,1H3,(H,19,21)(H,20,22). The number of anilines is 2. The summed E-state index contributed by atoms with van der Waals surface area (Å²) in [6.07, 6.45) is -0.210. The van der Waals surface area contributed by atoms with E-state index in [4.69, 9.17) is 10.00 Å². The van der Waals surface area contributed by atoms with E-state index in [1.807, 2.05) is 0 Å². The van der Waals surface area contributed by atoms with Gasteiger partial charge in [0.2, 0.25) is 5.91 Å². The molecular weight excluding hydrogens is 294 g/mol. The van der Waals surface area contributed by atoms with E-state index in [2.05, 4.69) is 10.6 Å². The van der Waals surface area contributed by atoms with E-state index in [1.54, 1.807) is 61.7 Å². The van der Waals surface area contributed by atoms with E-state index in [9.17, 15) is 9.59 Å². The zero-order chi connectivity index (χ0) is 16.7. The first kappa shape index (κ1) is 16.0. The van der Waals surface area contributed by atoms with Gasteiger partial charge in [0.05, 0.1) is 13.2 Å². The Morgan fingerprint density at radius 3 is 2.48 bits per heavy atom. The fraction of sp³-hybridized carbons (Fsp3) is 0.118. The molecule has 0 fully saturated rings. The maximum Gasteiger partial charge on any atom is 0.255 e. The highest BCUT2D eigenvalue weighted by Gasteiger charge is 2.07. The summed E-state index contributed by atoms with van der Waals surface area (Å²) in [5.74, 6) is -0.00686. The second-order valence-corrected chi connectivity index (χ2v) is 4.65. The maximum atomic E-state index is 12.2. The number of hydrogen-bond acceptors (Lipinski definition) is 4. The van der Waals surface area contributed by atoms with Crippen molar-refractivity contribution < 1.29 is 14.3 Å². The molecule has 0 radical (unpaired) electrons. The van der Waals surface area contributed by atoms with Crippen LogP contribution in [0.1, 0.15) is 16.8 Å². The van der Waals surface area contributed by atoms with E-state index in [0.717, 1.165) is 0 Å². The number of carbonyl (C=O) groups excluding carboxylic acids is 2. The Kier molecular flexibility index (Phi) is 5.31. The molecular formula is C17H15N3O3. The number of ether oxygens (including phenoxy) is 1. The Hall–Kier alpha value is -3.33. The highest BCUT2D eigenvalue weighted by atomic mass is 16.5. The van der Waals surface area contributed by atoms with Gasteiger partial charge in [-0.3, -0.25) is 9.59 Å². The molecule has 6 heteroatoms. The molecule has 0 heterocycles. The van der Waals surface area contributed by atoms with Crippen molar-refractivity contribution in [3.8, 4) is 11.8 Å². The molecule has 0 bridgehead atoms. The first-order valence-corrected chi connectivity index (χ1v) is 6.84. The minimum atomic E-state index is -0.388. The third-order valence-corrected chi connectivity index (χ3v) is 3.00. The minimum Gasteiger partial charge on any atom is -0.497 e. The summed E-state index contributed by atoms with van der Waals surface area (Å²) in [6.45, 7) is 0. The van der Waals surface area contributed by atoms with Crippen LogP contribution in [0, 0.1) is 11.3 Å². The van der Waals surface area contributed by atoms with E-state index < -0.39 is 0 Å². The van der Waals surface area contributed by atoms with Crippen LogP contribution in [0.3, 0.4) is 0 Å². The zero-order valence-corrected chi connectivity index (χ0v) is 12.5. The quantitative estimate of drug-likeness (QED) is 0.888. The number of nitrogens with zero attached hydrogens (tertiary/aromatic N) is 1. The third kappa shape index (κ3) is 4.58. The number of amides is 2. The monoisotopic (exact) mass is 309 g/mol. The van der Waals surface area contributed by atoms with Crippen molar-refractivity contribution in [2.24, 2.45) is 0 Å². The Morgan fingerprint density at radius 2 is 1.83 bits per heavy atom. The van der Waals surface area contributed by atoms with Crippen molar-refractivity contribution in [3.63, 3.8) is 0 Å². The fourth-order valence-electron chi connectivity index (χ4n) is 1.89. The van der Waals surface area contributed by atoms with Gasteiger partial charge in [-0.05, 0) is 36.4 Å².